The fraction of sp³-hybridized carbons (Fsp3) is 0.667. The molecule has 33 heavy (non-hydrogen) atoms. The first kappa shape index (κ1) is 28.4. The Morgan fingerprint density at radius 3 is 2.21 bits per heavy atom. The number of aromatic nitrogens is 2. The quantitative estimate of drug-likeness (QED) is 0.179. The highest BCUT2D eigenvalue weighted by Gasteiger charge is 2.32. The second-order valence-corrected chi connectivity index (χ2v) is 8.90. The van der Waals surface area contributed by atoms with Crippen molar-refractivity contribution in [3.05, 3.63) is 18.2 Å². The van der Waals surface area contributed by atoms with Crippen molar-refractivity contribution in [3.8, 4) is 0 Å². The third-order valence-corrected chi connectivity index (χ3v) is 5.63. The molecule has 7 N–H and O–H groups in total. The average Bonchev–Trinajstić information content (AvgIpc) is 3.26. The van der Waals surface area contributed by atoms with Gasteiger partial charge in [-0.3, -0.25) is 14.4 Å². The van der Waals surface area contributed by atoms with E-state index in [0.717, 1.165) is 0 Å². The number of H-pyrrole nitrogens is 1. The van der Waals surface area contributed by atoms with Gasteiger partial charge in [-0.1, -0.05) is 34.1 Å². The van der Waals surface area contributed by atoms with Crippen molar-refractivity contribution >= 4 is 36.3 Å². The van der Waals surface area contributed by atoms with Gasteiger partial charge in [0.1, 0.15) is 18.1 Å². The van der Waals surface area contributed by atoms with E-state index in [0.29, 0.717) is 18.5 Å². The molecule has 0 radical (unpaired) electrons. The van der Waals surface area contributed by atoms with Crippen molar-refractivity contribution in [1.82, 2.24) is 25.9 Å². The van der Waals surface area contributed by atoms with Crippen molar-refractivity contribution in [2.75, 3.05) is 5.75 Å². The van der Waals surface area contributed by atoms with E-state index in [4.69, 9.17) is 5.73 Å². The molecule has 1 aromatic heterocycles. The van der Waals surface area contributed by atoms with Crippen LogP contribution in [-0.2, 0) is 25.6 Å². The highest BCUT2D eigenvalue weighted by atomic mass is 32.1. The number of nitrogens with zero attached hydrogens (tertiary/aromatic N) is 1. The summed E-state index contributed by atoms with van der Waals surface area (Å²) in [4.78, 5) is 56.4. The lowest BCUT2D eigenvalue weighted by Gasteiger charge is -2.27. The number of amides is 3. The summed E-state index contributed by atoms with van der Waals surface area (Å²) in [6.45, 7) is 7.48. The number of thiol groups is 1. The van der Waals surface area contributed by atoms with Crippen LogP contribution in [0.15, 0.2) is 12.5 Å². The van der Waals surface area contributed by atoms with Gasteiger partial charge in [0, 0.05) is 24.1 Å². The molecule has 5 atom stereocenters. The van der Waals surface area contributed by atoms with Gasteiger partial charge in [-0.05, 0) is 18.3 Å². The summed E-state index contributed by atoms with van der Waals surface area (Å²) in [6.07, 6.45) is 3.90. The third-order valence-electron chi connectivity index (χ3n) is 5.26. The zero-order valence-corrected chi connectivity index (χ0v) is 20.4. The zero-order chi connectivity index (χ0) is 25.1. The van der Waals surface area contributed by atoms with Crippen LogP contribution >= 0.6 is 12.6 Å². The van der Waals surface area contributed by atoms with E-state index in [-0.39, 0.29) is 24.0 Å². The van der Waals surface area contributed by atoms with Gasteiger partial charge in [0.05, 0.1) is 12.4 Å². The first-order chi connectivity index (χ1) is 15.5. The molecule has 5 unspecified atom stereocenters. The number of nitrogens with two attached hydrogens (primary N) is 1. The van der Waals surface area contributed by atoms with Crippen molar-refractivity contribution in [1.29, 1.82) is 0 Å². The van der Waals surface area contributed by atoms with E-state index in [2.05, 4.69) is 38.5 Å². The van der Waals surface area contributed by atoms with Gasteiger partial charge in [-0.2, -0.15) is 12.6 Å². The number of carbonyl (C=O) groups excluding carboxylic acids is 3. The number of aliphatic carboxylic acids is 1. The molecule has 3 amide bonds. The second kappa shape index (κ2) is 13.8. The summed E-state index contributed by atoms with van der Waals surface area (Å²) in [6, 6.07) is -3.99. The van der Waals surface area contributed by atoms with E-state index in [1.807, 2.05) is 20.8 Å². The van der Waals surface area contributed by atoms with Crippen LogP contribution < -0.4 is 21.7 Å². The van der Waals surface area contributed by atoms with Crippen LogP contribution in [0.2, 0.25) is 0 Å². The van der Waals surface area contributed by atoms with Crippen molar-refractivity contribution in [2.45, 2.75) is 71.1 Å². The summed E-state index contributed by atoms with van der Waals surface area (Å²) in [5.74, 6) is -3.02. The summed E-state index contributed by atoms with van der Waals surface area (Å²) < 4.78 is 0. The number of carbonyl (C=O) groups is 4. The summed E-state index contributed by atoms with van der Waals surface area (Å²) in [7, 11) is 0. The van der Waals surface area contributed by atoms with Crippen molar-refractivity contribution in [2.24, 2.45) is 17.6 Å². The smallest absolute Gasteiger partial charge is 0.326 e. The standard InChI is InChI=1S/C21H36N6O5S/c1-5-12(4)17(20(30)25-15(21(31)32)7-13-8-23-10-24-13)27-19(29)16(9-33)26-18(28)14(22)6-11(2)3/h8,10-12,14-17,33H,5-7,9,22H2,1-4H3,(H,23,24)(H,25,30)(H,26,28)(H,27,29)(H,31,32). The second-order valence-electron chi connectivity index (χ2n) is 8.53. The van der Waals surface area contributed by atoms with E-state index < -0.39 is 47.9 Å². The predicted octanol–water partition coefficient (Wildman–Crippen LogP) is -0.159. The van der Waals surface area contributed by atoms with Crippen molar-refractivity contribution < 1.29 is 24.3 Å². The lowest BCUT2D eigenvalue weighted by atomic mass is 9.97. The Balaban J connectivity index is 2.89. The van der Waals surface area contributed by atoms with Crippen LogP contribution in [0.3, 0.4) is 0 Å². The number of carboxylic acids is 1. The Labute approximate surface area is 199 Å². The largest absolute Gasteiger partial charge is 0.480 e. The van der Waals surface area contributed by atoms with Gasteiger partial charge in [0.25, 0.3) is 0 Å². The minimum atomic E-state index is -1.22. The molecule has 11 nitrogen and oxygen atoms in total. The first-order valence-electron chi connectivity index (χ1n) is 11.0. The molecule has 0 aliphatic rings. The maximum Gasteiger partial charge on any atom is 0.326 e. The number of rotatable bonds is 14. The maximum atomic E-state index is 12.9. The molecule has 0 aliphatic carbocycles. The molecule has 0 fully saturated rings. The molecule has 0 aromatic carbocycles. The molecule has 0 spiro atoms. The van der Waals surface area contributed by atoms with Gasteiger partial charge in [-0.15, -0.1) is 0 Å². The predicted molar refractivity (Wildman–Crippen MR) is 126 cm³/mol. The molecule has 1 rings (SSSR count). The highest BCUT2D eigenvalue weighted by Crippen LogP contribution is 2.10. The van der Waals surface area contributed by atoms with Gasteiger partial charge in [-0.25, -0.2) is 9.78 Å². The van der Waals surface area contributed by atoms with Crippen LogP contribution in [0.4, 0.5) is 0 Å². The Morgan fingerprint density at radius 1 is 1.09 bits per heavy atom. The number of imidazole rings is 1. The molecule has 1 heterocycles. The van der Waals surface area contributed by atoms with Crippen molar-refractivity contribution in [3.63, 3.8) is 0 Å². The molecular formula is C21H36N6O5S. The highest BCUT2D eigenvalue weighted by molar-refractivity contribution is 7.80. The number of aromatic amines is 1. The molecule has 186 valence electrons. The van der Waals surface area contributed by atoms with E-state index in [9.17, 15) is 24.3 Å². The van der Waals surface area contributed by atoms with Crippen LogP contribution in [-0.4, -0.2) is 68.7 Å². The minimum absolute atomic E-state index is 0.00160. The van der Waals surface area contributed by atoms with E-state index >= 15 is 0 Å². The monoisotopic (exact) mass is 484 g/mol. The molecular weight excluding hydrogens is 448 g/mol. The SMILES string of the molecule is CCC(C)C(NC(=O)C(CS)NC(=O)C(N)CC(C)C)C(=O)NC(Cc1cnc[nH]1)C(=O)O. The molecule has 0 aliphatic heterocycles. The molecule has 12 heteroatoms. The Kier molecular flexibility index (Phi) is 11.9. The Morgan fingerprint density at radius 2 is 1.73 bits per heavy atom. The van der Waals surface area contributed by atoms with E-state index in [1.165, 1.54) is 12.5 Å². The summed E-state index contributed by atoms with van der Waals surface area (Å²) in [5.41, 5.74) is 6.43. The number of nitrogens with one attached hydrogen (secondary N) is 4. The van der Waals surface area contributed by atoms with Crippen LogP contribution in [0.1, 0.15) is 46.2 Å². The third kappa shape index (κ3) is 9.42. The fourth-order valence-electron chi connectivity index (χ4n) is 3.12. The normalized spacial score (nSPS) is 15.7. The molecule has 0 saturated heterocycles. The zero-order valence-electron chi connectivity index (χ0n) is 19.5. The molecule has 0 bridgehead atoms. The summed E-state index contributed by atoms with van der Waals surface area (Å²) >= 11 is 4.14. The molecule has 0 saturated carbocycles. The topological polar surface area (TPSA) is 179 Å². The van der Waals surface area contributed by atoms with Crippen LogP contribution in [0.25, 0.3) is 0 Å². The van der Waals surface area contributed by atoms with Gasteiger partial charge >= 0.3 is 5.97 Å². The summed E-state index contributed by atoms with van der Waals surface area (Å²) in [5, 5.41) is 17.2. The average molecular weight is 485 g/mol. The van der Waals surface area contributed by atoms with E-state index in [1.54, 1.807) is 6.92 Å². The minimum Gasteiger partial charge on any atom is -0.480 e. The number of hydrogen-bond donors (Lipinski definition) is 7. The lowest BCUT2D eigenvalue weighted by Crippen LogP contribution is -2.59. The Hall–Kier alpha value is -2.60. The first-order valence-corrected chi connectivity index (χ1v) is 11.6. The van der Waals surface area contributed by atoms with Gasteiger partial charge in [0.15, 0.2) is 0 Å². The fourth-order valence-corrected chi connectivity index (χ4v) is 3.38. The van der Waals surface area contributed by atoms with Gasteiger partial charge < -0.3 is 31.8 Å². The van der Waals surface area contributed by atoms with Crippen LogP contribution in [0, 0.1) is 11.8 Å². The van der Waals surface area contributed by atoms with Gasteiger partial charge in [0.2, 0.25) is 17.7 Å². The molecule has 1 aromatic rings. The van der Waals surface area contributed by atoms with Crippen LogP contribution in [0.5, 0.6) is 0 Å². The maximum absolute atomic E-state index is 12.9. The number of carboxylic acid groups (broad SMARTS) is 1. The Bertz CT molecular complexity index is 788. The number of hydrogen-bond acceptors (Lipinski definition) is 7. The lowest BCUT2D eigenvalue weighted by molar-refractivity contribution is -0.142.